The lowest BCUT2D eigenvalue weighted by Gasteiger charge is -2.31. The summed E-state index contributed by atoms with van der Waals surface area (Å²) in [6, 6.07) is 0.287. The van der Waals surface area contributed by atoms with Gasteiger partial charge in [-0.05, 0) is 12.3 Å². The summed E-state index contributed by atoms with van der Waals surface area (Å²) >= 11 is 0. The van der Waals surface area contributed by atoms with Crippen molar-refractivity contribution in [2.24, 2.45) is 11.3 Å². The molecule has 2 atom stereocenters. The number of carbonyl (C=O) groups is 1. The van der Waals surface area contributed by atoms with E-state index in [1.165, 1.54) is 0 Å². The van der Waals surface area contributed by atoms with Gasteiger partial charge in [0.15, 0.2) is 0 Å². The molecule has 0 aromatic carbocycles. The van der Waals surface area contributed by atoms with Crippen molar-refractivity contribution < 1.29 is 9.53 Å². The van der Waals surface area contributed by atoms with Crippen LogP contribution in [0.2, 0.25) is 0 Å². The number of hydrogen-bond acceptors (Lipinski definition) is 2. The highest BCUT2D eigenvalue weighted by atomic mass is 16.5. The second-order valence-corrected chi connectivity index (χ2v) is 5.17. The molecule has 0 bridgehead atoms. The van der Waals surface area contributed by atoms with Crippen molar-refractivity contribution >= 4 is 5.91 Å². The first-order chi connectivity index (χ1) is 6.41. The first kappa shape index (κ1) is 11.5. The van der Waals surface area contributed by atoms with Crippen molar-refractivity contribution in [3.05, 3.63) is 0 Å². The number of carbonyl (C=O) groups excluding carboxylic acids is 1. The van der Waals surface area contributed by atoms with Crippen molar-refractivity contribution in [1.82, 2.24) is 5.32 Å². The topological polar surface area (TPSA) is 38.3 Å². The first-order valence-electron chi connectivity index (χ1n) is 5.30. The highest BCUT2D eigenvalue weighted by Gasteiger charge is 2.28. The molecular weight excluding hydrogens is 178 g/mol. The Morgan fingerprint density at radius 3 is 2.57 bits per heavy atom. The lowest BCUT2D eigenvalue weighted by Crippen LogP contribution is -2.48. The van der Waals surface area contributed by atoms with Crippen molar-refractivity contribution in [3.63, 3.8) is 0 Å². The van der Waals surface area contributed by atoms with Crippen LogP contribution in [0.3, 0.4) is 0 Å². The summed E-state index contributed by atoms with van der Waals surface area (Å²) in [7, 11) is 0. The van der Waals surface area contributed by atoms with E-state index in [1.807, 2.05) is 20.8 Å². The Kier molecular flexibility index (Phi) is 3.53. The SMILES string of the molecule is CC1COCCC1NC(=O)C(C)(C)C. The van der Waals surface area contributed by atoms with Gasteiger partial charge in [0.1, 0.15) is 0 Å². The Morgan fingerprint density at radius 1 is 1.43 bits per heavy atom. The van der Waals surface area contributed by atoms with E-state index in [9.17, 15) is 4.79 Å². The number of nitrogens with one attached hydrogen (secondary N) is 1. The van der Waals surface area contributed by atoms with Gasteiger partial charge in [-0.1, -0.05) is 27.7 Å². The van der Waals surface area contributed by atoms with E-state index in [0.717, 1.165) is 19.6 Å². The quantitative estimate of drug-likeness (QED) is 0.696. The largest absolute Gasteiger partial charge is 0.381 e. The Balaban J connectivity index is 2.46. The first-order valence-corrected chi connectivity index (χ1v) is 5.30. The highest BCUT2D eigenvalue weighted by Crippen LogP contribution is 2.18. The average molecular weight is 199 g/mol. The maximum atomic E-state index is 11.7. The van der Waals surface area contributed by atoms with Crippen LogP contribution in [0.1, 0.15) is 34.1 Å². The van der Waals surface area contributed by atoms with E-state index in [2.05, 4.69) is 12.2 Å². The van der Waals surface area contributed by atoms with E-state index >= 15 is 0 Å². The van der Waals surface area contributed by atoms with Crippen molar-refractivity contribution in [3.8, 4) is 0 Å². The summed E-state index contributed by atoms with van der Waals surface area (Å²) in [6.45, 7) is 9.45. The average Bonchev–Trinajstić information content (AvgIpc) is 2.07. The predicted octanol–water partition coefficient (Wildman–Crippen LogP) is 1.57. The summed E-state index contributed by atoms with van der Waals surface area (Å²) < 4.78 is 5.33. The summed E-state index contributed by atoms with van der Waals surface area (Å²) in [5.74, 6) is 0.561. The molecule has 1 heterocycles. The van der Waals surface area contributed by atoms with Crippen LogP contribution in [0.15, 0.2) is 0 Å². The molecule has 0 aliphatic carbocycles. The molecule has 2 unspecified atom stereocenters. The molecule has 1 aliphatic heterocycles. The van der Waals surface area contributed by atoms with Gasteiger partial charge in [-0.3, -0.25) is 4.79 Å². The van der Waals surface area contributed by atoms with Gasteiger partial charge in [0.2, 0.25) is 5.91 Å². The van der Waals surface area contributed by atoms with Gasteiger partial charge in [0.05, 0.1) is 6.61 Å². The second kappa shape index (κ2) is 4.30. The molecule has 14 heavy (non-hydrogen) atoms. The lowest BCUT2D eigenvalue weighted by atomic mass is 9.92. The zero-order valence-corrected chi connectivity index (χ0v) is 9.59. The van der Waals surface area contributed by atoms with Gasteiger partial charge in [-0.2, -0.15) is 0 Å². The molecule has 1 saturated heterocycles. The number of ether oxygens (including phenoxy) is 1. The van der Waals surface area contributed by atoms with E-state index in [4.69, 9.17) is 4.74 Å². The fraction of sp³-hybridized carbons (Fsp3) is 0.909. The lowest BCUT2D eigenvalue weighted by molar-refractivity contribution is -0.130. The van der Waals surface area contributed by atoms with Crippen LogP contribution in [-0.4, -0.2) is 25.2 Å². The molecule has 1 N–H and O–H groups in total. The van der Waals surface area contributed by atoms with Crippen molar-refractivity contribution in [2.75, 3.05) is 13.2 Å². The summed E-state index contributed by atoms with van der Waals surface area (Å²) in [4.78, 5) is 11.7. The minimum Gasteiger partial charge on any atom is -0.381 e. The van der Waals surface area contributed by atoms with Crippen LogP contribution >= 0.6 is 0 Å². The standard InChI is InChI=1S/C11H21NO2/c1-8-7-14-6-5-9(8)12-10(13)11(2,3)4/h8-9H,5-7H2,1-4H3,(H,12,13). The van der Waals surface area contributed by atoms with Gasteiger partial charge < -0.3 is 10.1 Å². The zero-order chi connectivity index (χ0) is 10.8. The molecule has 0 saturated carbocycles. The Hall–Kier alpha value is -0.570. The molecular formula is C11H21NO2. The number of rotatable bonds is 1. The van der Waals surface area contributed by atoms with Gasteiger partial charge >= 0.3 is 0 Å². The zero-order valence-electron chi connectivity index (χ0n) is 9.59. The Bertz CT molecular complexity index is 208. The monoisotopic (exact) mass is 199 g/mol. The summed E-state index contributed by atoms with van der Waals surface area (Å²) in [6.07, 6.45) is 0.934. The summed E-state index contributed by atoms with van der Waals surface area (Å²) in [5.41, 5.74) is -0.294. The van der Waals surface area contributed by atoms with E-state index < -0.39 is 0 Å². The van der Waals surface area contributed by atoms with Gasteiger partial charge in [-0.15, -0.1) is 0 Å². The van der Waals surface area contributed by atoms with Crippen LogP contribution in [-0.2, 0) is 9.53 Å². The van der Waals surface area contributed by atoms with E-state index in [-0.39, 0.29) is 17.4 Å². The van der Waals surface area contributed by atoms with Crippen LogP contribution < -0.4 is 5.32 Å². The predicted molar refractivity (Wildman–Crippen MR) is 56.0 cm³/mol. The molecule has 3 heteroatoms. The Morgan fingerprint density at radius 2 is 2.07 bits per heavy atom. The molecule has 0 aromatic heterocycles. The second-order valence-electron chi connectivity index (χ2n) is 5.17. The van der Waals surface area contributed by atoms with Crippen LogP contribution in [0.4, 0.5) is 0 Å². The fourth-order valence-corrected chi connectivity index (χ4v) is 1.48. The molecule has 1 fully saturated rings. The van der Waals surface area contributed by atoms with E-state index in [0.29, 0.717) is 5.92 Å². The maximum Gasteiger partial charge on any atom is 0.225 e. The van der Waals surface area contributed by atoms with Gasteiger partial charge in [0, 0.05) is 18.1 Å². The third kappa shape index (κ3) is 2.98. The van der Waals surface area contributed by atoms with Crippen molar-refractivity contribution in [2.45, 2.75) is 40.2 Å². The van der Waals surface area contributed by atoms with Crippen LogP contribution in [0.5, 0.6) is 0 Å². The maximum absolute atomic E-state index is 11.7. The van der Waals surface area contributed by atoms with Gasteiger partial charge in [0.25, 0.3) is 0 Å². The molecule has 0 aromatic rings. The number of hydrogen-bond donors (Lipinski definition) is 1. The minimum atomic E-state index is -0.294. The summed E-state index contributed by atoms with van der Waals surface area (Å²) in [5, 5.41) is 3.09. The third-order valence-corrected chi connectivity index (χ3v) is 2.64. The molecule has 1 aliphatic rings. The van der Waals surface area contributed by atoms with Gasteiger partial charge in [-0.25, -0.2) is 0 Å². The Labute approximate surface area is 86.2 Å². The molecule has 1 amide bonds. The molecule has 82 valence electrons. The molecule has 0 radical (unpaired) electrons. The fourth-order valence-electron chi connectivity index (χ4n) is 1.48. The smallest absolute Gasteiger partial charge is 0.225 e. The molecule has 0 spiro atoms. The van der Waals surface area contributed by atoms with Crippen LogP contribution in [0.25, 0.3) is 0 Å². The number of amides is 1. The molecule has 3 nitrogen and oxygen atoms in total. The normalized spacial score (nSPS) is 28.6. The third-order valence-electron chi connectivity index (χ3n) is 2.64. The van der Waals surface area contributed by atoms with E-state index in [1.54, 1.807) is 0 Å². The highest BCUT2D eigenvalue weighted by molar-refractivity contribution is 5.81. The molecule has 1 rings (SSSR count). The minimum absolute atomic E-state index is 0.135. The van der Waals surface area contributed by atoms with Crippen LogP contribution in [0, 0.1) is 11.3 Å². The van der Waals surface area contributed by atoms with Crippen molar-refractivity contribution in [1.29, 1.82) is 0 Å².